The number of benzene rings is 1. The van der Waals surface area contributed by atoms with Crippen LogP contribution in [0.2, 0.25) is 0 Å². The molecule has 1 aromatic carbocycles. The summed E-state index contributed by atoms with van der Waals surface area (Å²) in [5.74, 6) is -2.05. The van der Waals surface area contributed by atoms with Crippen LogP contribution in [0.4, 0.5) is 24.7 Å². The molecule has 4 aromatic rings. The maximum absolute atomic E-state index is 13.0. The summed E-state index contributed by atoms with van der Waals surface area (Å²) < 4.78 is 66.9. The number of ether oxygens (including phenoxy) is 4. The first-order chi connectivity index (χ1) is 27.6. The lowest BCUT2D eigenvalue weighted by atomic mass is 10.2. The summed E-state index contributed by atoms with van der Waals surface area (Å²) in [7, 11) is 0. The lowest BCUT2D eigenvalue weighted by Gasteiger charge is -2.22. The number of carbonyl (C=O) groups is 3. The number of pyridine rings is 1. The number of nitrogens with two attached hydrogens (primary N) is 1. The average molecular weight is 801 g/mol. The Hall–Kier alpha value is -5.37. The molecule has 19 heteroatoms. The monoisotopic (exact) mass is 800 g/mol. The number of rotatable bonds is 23. The summed E-state index contributed by atoms with van der Waals surface area (Å²) in [6, 6.07) is 9.19. The van der Waals surface area contributed by atoms with E-state index in [0.29, 0.717) is 50.8 Å². The van der Waals surface area contributed by atoms with E-state index in [1.165, 1.54) is 29.2 Å². The van der Waals surface area contributed by atoms with E-state index in [-0.39, 0.29) is 46.4 Å². The first-order valence-electron chi connectivity index (χ1n) is 18.7. The number of nitrogens with zero attached hydrogens (tertiary/aromatic N) is 4. The van der Waals surface area contributed by atoms with E-state index < -0.39 is 24.5 Å². The predicted octanol–water partition coefficient (Wildman–Crippen LogP) is 5.16. The van der Waals surface area contributed by atoms with Crippen LogP contribution < -0.4 is 21.7 Å². The molecule has 4 heterocycles. The summed E-state index contributed by atoms with van der Waals surface area (Å²) in [5.41, 5.74) is 6.25. The fourth-order valence-electron chi connectivity index (χ4n) is 5.62. The molecule has 5 N–H and O–H groups in total. The Morgan fingerprint density at radius 2 is 1.70 bits per heavy atom. The summed E-state index contributed by atoms with van der Waals surface area (Å²) in [6.07, 6.45) is 6.07. The van der Waals surface area contributed by atoms with E-state index in [4.69, 9.17) is 29.1 Å². The first-order valence-corrected chi connectivity index (χ1v) is 18.7. The molecule has 0 bridgehead atoms. The highest BCUT2D eigenvalue weighted by Crippen LogP contribution is 2.24. The number of halogens is 3. The average Bonchev–Trinajstić information content (AvgIpc) is 3.88. The Morgan fingerprint density at radius 3 is 2.42 bits per heavy atom. The second-order valence-electron chi connectivity index (χ2n) is 13.1. The van der Waals surface area contributed by atoms with Crippen molar-refractivity contribution < 1.29 is 50.9 Å². The predicted molar refractivity (Wildman–Crippen MR) is 201 cm³/mol. The maximum atomic E-state index is 13.0. The lowest BCUT2D eigenvalue weighted by molar-refractivity contribution is -0.115. The standard InChI is InChI=1S/C38H47F3N8O8/c39-38(40,41)25-45-32-21-27(12-14-43-32)37-47-31(24-57-37)36(52)46-30-22-49(48-33(30)34(42)50)28-10-8-26(9-11-28)35(51)44-13-2-1-3-15-53-19-20-54-16-4-5-18-56-29-7-6-17-55-23-29/h8-12,14,21-22,24,29H,1-7,13,15-20,23,25H2,(H2,42,50)(H,43,45)(H,44,51)(H,46,52). The minimum atomic E-state index is -4.44. The van der Waals surface area contributed by atoms with Gasteiger partial charge in [0, 0.05) is 50.3 Å². The van der Waals surface area contributed by atoms with E-state index in [1.807, 2.05) is 0 Å². The topological polar surface area (TPSA) is 207 Å². The molecule has 3 aromatic heterocycles. The van der Waals surface area contributed by atoms with Crippen molar-refractivity contribution in [1.82, 2.24) is 25.1 Å². The Labute approximate surface area is 327 Å². The van der Waals surface area contributed by atoms with Crippen molar-refractivity contribution in [2.24, 2.45) is 5.73 Å². The van der Waals surface area contributed by atoms with E-state index in [2.05, 4.69) is 31.0 Å². The molecule has 0 aliphatic carbocycles. The molecule has 16 nitrogen and oxygen atoms in total. The number of alkyl halides is 3. The van der Waals surface area contributed by atoms with Crippen LogP contribution in [0.25, 0.3) is 17.1 Å². The van der Waals surface area contributed by atoms with Crippen LogP contribution in [-0.4, -0.2) is 109 Å². The number of primary amides is 1. The lowest BCUT2D eigenvalue weighted by Crippen LogP contribution is -2.25. The van der Waals surface area contributed by atoms with E-state index in [0.717, 1.165) is 64.4 Å². The molecule has 1 atom stereocenters. The number of oxazole rings is 1. The van der Waals surface area contributed by atoms with Crippen LogP contribution in [0, 0.1) is 0 Å². The van der Waals surface area contributed by atoms with E-state index in [1.54, 1.807) is 24.3 Å². The Bertz CT molecular complexity index is 1880. The van der Waals surface area contributed by atoms with E-state index >= 15 is 0 Å². The molecule has 1 fully saturated rings. The third kappa shape index (κ3) is 14.3. The Kier molecular flexibility index (Phi) is 16.4. The largest absolute Gasteiger partial charge is 0.444 e. The van der Waals surface area contributed by atoms with Crippen LogP contribution in [-0.2, 0) is 18.9 Å². The normalized spacial score (nSPS) is 14.3. The van der Waals surface area contributed by atoms with Gasteiger partial charge in [-0.25, -0.2) is 14.6 Å². The van der Waals surface area contributed by atoms with Crippen LogP contribution in [0.15, 0.2) is 59.5 Å². The summed E-state index contributed by atoms with van der Waals surface area (Å²) >= 11 is 0. The highest BCUT2D eigenvalue weighted by atomic mass is 19.4. The van der Waals surface area contributed by atoms with Crippen molar-refractivity contribution in [2.45, 2.75) is 57.2 Å². The Morgan fingerprint density at radius 1 is 0.947 bits per heavy atom. The molecule has 57 heavy (non-hydrogen) atoms. The molecule has 1 aliphatic heterocycles. The van der Waals surface area contributed by atoms with Crippen molar-refractivity contribution >= 4 is 29.2 Å². The number of anilines is 2. The van der Waals surface area contributed by atoms with Gasteiger partial charge in [0.2, 0.25) is 5.89 Å². The van der Waals surface area contributed by atoms with Crippen molar-refractivity contribution in [3.63, 3.8) is 0 Å². The van der Waals surface area contributed by atoms with Gasteiger partial charge >= 0.3 is 6.18 Å². The van der Waals surface area contributed by atoms with Crippen LogP contribution in [0.5, 0.6) is 0 Å². The Balaban J connectivity index is 0.984. The third-order valence-electron chi connectivity index (χ3n) is 8.58. The summed E-state index contributed by atoms with van der Waals surface area (Å²) in [5, 5.41) is 11.8. The fourth-order valence-corrected chi connectivity index (χ4v) is 5.62. The molecular formula is C38H47F3N8O8. The van der Waals surface area contributed by atoms with Gasteiger partial charge in [-0.1, -0.05) is 0 Å². The van der Waals surface area contributed by atoms with Crippen molar-refractivity contribution in [3.05, 3.63) is 72.0 Å². The van der Waals surface area contributed by atoms with Gasteiger partial charge < -0.3 is 45.0 Å². The number of hydrogen-bond acceptors (Lipinski definition) is 12. The molecule has 1 aliphatic rings. The molecule has 0 radical (unpaired) electrons. The number of aromatic nitrogens is 4. The van der Waals surface area contributed by atoms with Crippen molar-refractivity contribution in [1.29, 1.82) is 0 Å². The number of unbranched alkanes of at least 4 members (excludes halogenated alkanes) is 3. The van der Waals surface area contributed by atoms with Crippen molar-refractivity contribution in [2.75, 3.05) is 70.0 Å². The van der Waals surface area contributed by atoms with Gasteiger partial charge in [-0.3, -0.25) is 14.4 Å². The van der Waals surface area contributed by atoms with Gasteiger partial charge in [-0.05, 0) is 81.3 Å². The quantitative estimate of drug-likeness (QED) is 0.0719. The number of amides is 3. The zero-order valence-electron chi connectivity index (χ0n) is 31.4. The zero-order valence-corrected chi connectivity index (χ0v) is 31.4. The second-order valence-corrected chi connectivity index (χ2v) is 13.1. The van der Waals surface area contributed by atoms with Gasteiger partial charge in [0.15, 0.2) is 11.4 Å². The van der Waals surface area contributed by atoms with Gasteiger partial charge in [0.1, 0.15) is 18.6 Å². The smallest absolute Gasteiger partial charge is 0.405 e. The minimum absolute atomic E-state index is 0.0155. The SMILES string of the molecule is NC(=O)c1nn(-c2ccc(C(=O)NCCCCCOCCOCCCCOC3CCCOC3)cc2)cc1NC(=O)c1coc(-c2ccnc(NCC(F)(F)F)c2)n1. The molecule has 1 unspecified atom stereocenters. The molecule has 308 valence electrons. The van der Waals surface area contributed by atoms with E-state index in [9.17, 15) is 27.6 Å². The second kappa shape index (κ2) is 21.8. The number of nitrogens with one attached hydrogen (secondary N) is 3. The summed E-state index contributed by atoms with van der Waals surface area (Å²) in [4.78, 5) is 45.9. The highest BCUT2D eigenvalue weighted by molar-refractivity contribution is 6.07. The molecule has 0 saturated carbocycles. The minimum Gasteiger partial charge on any atom is -0.444 e. The molecule has 5 rings (SSSR count). The van der Waals surface area contributed by atoms with Gasteiger partial charge in [0.05, 0.1) is 43.5 Å². The van der Waals surface area contributed by atoms with Crippen molar-refractivity contribution in [3.8, 4) is 17.1 Å². The van der Waals surface area contributed by atoms with Gasteiger partial charge in [-0.2, -0.15) is 18.3 Å². The highest BCUT2D eigenvalue weighted by Gasteiger charge is 2.27. The number of carbonyl (C=O) groups excluding carboxylic acids is 3. The number of hydrogen-bond donors (Lipinski definition) is 4. The molecule has 0 spiro atoms. The van der Waals surface area contributed by atoms with Crippen LogP contribution in [0.1, 0.15) is 76.3 Å². The zero-order chi connectivity index (χ0) is 40.5. The molecule has 3 amide bonds. The maximum Gasteiger partial charge on any atom is 0.405 e. The van der Waals surface area contributed by atoms with Crippen LogP contribution in [0.3, 0.4) is 0 Å². The van der Waals surface area contributed by atoms with Crippen LogP contribution >= 0.6 is 0 Å². The molecular weight excluding hydrogens is 753 g/mol. The van der Waals surface area contributed by atoms with Gasteiger partial charge in [0.25, 0.3) is 17.7 Å². The fraction of sp³-hybridized carbons (Fsp3) is 0.474. The summed E-state index contributed by atoms with van der Waals surface area (Å²) in [6.45, 7) is 3.89. The third-order valence-corrected chi connectivity index (χ3v) is 8.58. The first kappa shape index (κ1) is 42.8. The molecule has 1 saturated heterocycles. The van der Waals surface area contributed by atoms with Gasteiger partial charge in [-0.15, -0.1) is 0 Å².